The first-order valence-electron chi connectivity index (χ1n) is 6.03. The highest BCUT2D eigenvalue weighted by Crippen LogP contribution is 2.29. The van der Waals surface area contributed by atoms with Crippen LogP contribution in [0.5, 0.6) is 5.75 Å². The monoisotopic (exact) mass is 277 g/mol. The molecule has 4 heteroatoms. The van der Waals surface area contributed by atoms with Crippen molar-refractivity contribution in [3.8, 4) is 5.75 Å². The first kappa shape index (κ1) is 13.9. The number of rotatable bonds is 5. The second kappa shape index (κ2) is 6.57. The first-order valence-corrected chi connectivity index (χ1v) is 6.41. The summed E-state index contributed by atoms with van der Waals surface area (Å²) in [6, 6.07) is 13.1. The molecule has 0 aliphatic heterocycles. The molecule has 0 amide bonds. The first-order chi connectivity index (χ1) is 9.24. The summed E-state index contributed by atoms with van der Waals surface area (Å²) in [5.41, 5.74) is 8.44. The van der Waals surface area contributed by atoms with Gasteiger partial charge in [0.25, 0.3) is 0 Å². The zero-order chi connectivity index (χ0) is 13.7. The minimum atomic E-state index is 0.0446. The molecule has 0 bridgehead atoms. The minimum Gasteiger partial charge on any atom is -0.487 e. The molecule has 0 heterocycles. The van der Waals surface area contributed by atoms with Crippen molar-refractivity contribution in [2.45, 2.75) is 19.8 Å². The van der Waals surface area contributed by atoms with Crippen LogP contribution in [0.25, 0.3) is 0 Å². The quantitative estimate of drug-likeness (QED) is 0.884. The summed E-state index contributed by atoms with van der Waals surface area (Å²) in [5.74, 6) is 0.637. The van der Waals surface area contributed by atoms with Gasteiger partial charge in [0.15, 0.2) is 0 Å². The molecule has 100 valence electrons. The van der Waals surface area contributed by atoms with E-state index < -0.39 is 0 Å². The smallest absolute Gasteiger partial charge is 0.142 e. The molecule has 0 fully saturated rings. The third-order valence-electron chi connectivity index (χ3n) is 2.86. The number of ether oxygens (including phenoxy) is 1. The Kier molecular flexibility index (Phi) is 4.80. The van der Waals surface area contributed by atoms with Gasteiger partial charge in [0, 0.05) is 12.1 Å². The highest BCUT2D eigenvalue weighted by Gasteiger charge is 2.07. The summed E-state index contributed by atoms with van der Waals surface area (Å²) in [6.45, 7) is 0.852. The Bertz CT molecular complexity index is 540. The third-order valence-corrected chi connectivity index (χ3v) is 3.15. The molecule has 0 unspecified atom stereocenters. The number of hydrogen-bond acceptors (Lipinski definition) is 3. The van der Waals surface area contributed by atoms with E-state index in [4.69, 9.17) is 27.2 Å². The van der Waals surface area contributed by atoms with Gasteiger partial charge in [0.2, 0.25) is 0 Å². The molecule has 0 saturated heterocycles. The molecule has 19 heavy (non-hydrogen) atoms. The lowest BCUT2D eigenvalue weighted by Gasteiger charge is -2.12. The highest BCUT2D eigenvalue weighted by molar-refractivity contribution is 6.32. The molecule has 0 atom stereocenters. The zero-order valence-electron chi connectivity index (χ0n) is 10.5. The van der Waals surface area contributed by atoms with E-state index in [1.165, 1.54) is 0 Å². The maximum atomic E-state index is 8.98. The van der Waals surface area contributed by atoms with Crippen LogP contribution >= 0.6 is 11.6 Å². The van der Waals surface area contributed by atoms with Crippen LogP contribution in [0.1, 0.15) is 16.7 Å². The fourth-order valence-electron chi connectivity index (χ4n) is 1.77. The van der Waals surface area contributed by atoms with Gasteiger partial charge in [-0.25, -0.2) is 0 Å². The normalized spacial score (nSPS) is 10.5. The van der Waals surface area contributed by atoms with Crippen LogP contribution < -0.4 is 10.5 Å². The number of nitrogens with two attached hydrogens (primary N) is 1. The second-order valence-corrected chi connectivity index (χ2v) is 4.60. The molecule has 0 spiro atoms. The number of para-hydroxylation sites is 1. The molecule has 2 aromatic carbocycles. The van der Waals surface area contributed by atoms with Gasteiger partial charge in [-0.1, -0.05) is 48.0 Å². The van der Waals surface area contributed by atoms with Gasteiger partial charge in [-0.05, 0) is 17.2 Å². The van der Waals surface area contributed by atoms with E-state index >= 15 is 0 Å². The van der Waals surface area contributed by atoms with Crippen molar-refractivity contribution in [1.82, 2.24) is 0 Å². The predicted octanol–water partition coefficient (Wildman–Crippen LogP) is 2.87. The van der Waals surface area contributed by atoms with Crippen molar-refractivity contribution in [3.05, 3.63) is 64.2 Å². The van der Waals surface area contributed by atoms with E-state index in [1.807, 2.05) is 36.4 Å². The Morgan fingerprint density at radius 1 is 1.05 bits per heavy atom. The molecule has 2 aromatic rings. The van der Waals surface area contributed by atoms with E-state index in [-0.39, 0.29) is 6.61 Å². The van der Waals surface area contributed by atoms with Gasteiger partial charge in [0.05, 0.1) is 11.6 Å². The Labute approximate surface area is 117 Å². The molecule has 0 aliphatic rings. The second-order valence-electron chi connectivity index (χ2n) is 4.20. The van der Waals surface area contributed by atoms with E-state index in [0.717, 1.165) is 16.7 Å². The Hall–Kier alpha value is -1.55. The molecular formula is C15H16ClNO2. The Morgan fingerprint density at radius 3 is 2.37 bits per heavy atom. The molecule has 3 N–H and O–H groups in total. The largest absolute Gasteiger partial charge is 0.487 e. The molecule has 3 nitrogen and oxygen atoms in total. The number of hydrogen-bond donors (Lipinski definition) is 2. The van der Waals surface area contributed by atoms with Crippen LogP contribution in [-0.2, 0) is 19.8 Å². The molecule has 2 rings (SSSR count). The molecular weight excluding hydrogens is 262 g/mol. The van der Waals surface area contributed by atoms with E-state index in [2.05, 4.69) is 0 Å². The van der Waals surface area contributed by atoms with Crippen molar-refractivity contribution >= 4 is 11.6 Å². The summed E-state index contributed by atoms with van der Waals surface area (Å²) >= 11 is 6.11. The van der Waals surface area contributed by atoms with Gasteiger partial charge in [-0.15, -0.1) is 0 Å². The lowest BCUT2D eigenvalue weighted by atomic mass is 10.1. The fraction of sp³-hybridized carbons (Fsp3) is 0.200. The maximum Gasteiger partial charge on any atom is 0.142 e. The third kappa shape index (κ3) is 3.47. The van der Waals surface area contributed by atoms with Crippen molar-refractivity contribution in [2.24, 2.45) is 5.73 Å². The molecule has 0 aliphatic carbocycles. The predicted molar refractivity (Wildman–Crippen MR) is 76.0 cm³/mol. The minimum absolute atomic E-state index is 0.0446. The van der Waals surface area contributed by atoms with Crippen molar-refractivity contribution in [3.63, 3.8) is 0 Å². The van der Waals surface area contributed by atoms with E-state index in [9.17, 15) is 0 Å². The molecule has 0 radical (unpaired) electrons. The van der Waals surface area contributed by atoms with E-state index in [1.54, 1.807) is 6.07 Å². The summed E-state index contributed by atoms with van der Waals surface area (Å²) in [7, 11) is 0. The highest BCUT2D eigenvalue weighted by atomic mass is 35.5. The summed E-state index contributed by atoms with van der Waals surface area (Å²) in [6.07, 6.45) is 0. The van der Waals surface area contributed by atoms with Gasteiger partial charge in [0.1, 0.15) is 12.4 Å². The van der Waals surface area contributed by atoms with Crippen molar-refractivity contribution < 1.29 is 9.84 Å². The van der Waals surface area contributed by atoms with Crippen LogP contribution in [-0.4, -0.2) is 5.11 Å². The van der Waals surface area contributed by atoms with Gasteiger partial charge < -0.3 is 15.6 Å². The zero-order valence-corrected chi connectivity index (χ0v) is 11.2. The Morgan fingerprint density at radius 2 is 1.74 bits per heavy atom. The van der Waals surface area contributed by atoms with Gasteiger partial charge >= 0.3 is 0 Å². The van der Waals surface area contributed by atoms with Crippen LogP contribution in [0.15, 0.2) is 42.5 Å². The standard InChI is InChI=1S/C15H16ClNO2/c16-14-3-1-2-13(8-17)15(14)19-10-12-6-4-11(9-18)5-7-12/h1-7,18H,8-10,17H2. The number of halogens is 1. The molecule has 0 aromatic heterocycles. The summed E-state index contributed by atoms with van der Waals surface area (Å²) in [4.78, 5) is 0. The van der Waals surface area contributed by atoms with E-state index in [0.29, 0.717) is 23.9 Å². The SMILES string of the molecule is NCc1cccc(Cl)c1OCc1ccc(CO)cc1. The van der Waals surface area contributed by atoms with Crippen LogP contribution in [0.3, 0.4) is 0 Å². The van der Waals surface area contributed by atoms with Gasteiger partial charge in [-0.3, -0.25) is 0 Å². The average Bonchev–Trinajstić information content (AvgIpc) is 2.46. The summed E-state index contributed by atoms with van der Waals surface area (Å²) in [5, 5.41) is 9.54. The fourth-order valence-corrected chi connectivity index (χ4v) is 2.02. The summed E-state index contributed by atoms with van der Waals surface area (Å²) < 4.78 is 5.74. The lowest BCUT2D eigenvalue weighted by molar-refractivity contribution is 0.281. The van der Waals surface area contributed by atoms with Crippen molar-refractivity contribution in [1.29, 1.82) is 0 Å². The lowest BCUT2D eigenvalue weighted by Crippen LogP contribution is -2.03. The Balaban J connectivity index is 2.09. The topological polar surface area (TPSA) is 55.5 Å². The van der Waals surface area contributed by atoms with Crippen LogP contribution in [0.4, 0.5) is 0 Å². The number of aliphatic hydroxyl groups excluding tert-OH is 1. The van der Waals surface area contributed by atoms with Gasteiger partial charge in [-0.2, -0.15) is 0 Å². The number of benzene rings is 2. The number of aliphatic hydroxyl groups is 1. The van der Waals surface area contributed by atoms with Crippen molar-refractivity contribution in [2.75, 3.05) is 0 Å². The van der Waals surface area contributed by atoms with Crippen LogP contribution in [0, 0.1) is 0 Å². The molecule has 0 saturated carbocycles. The van der Waals surface area contributed by atoms with Crippen LogP contribution in [0.2, 0.25) is 5.02 Å². The average molecular weight is 278 g/mol. The maximum absolute atomic E-state index is 8.98.